The van der Waals surface area contributed by atoms with Gasteiger partial charge in [-0.1, -0.05) is 14.4 Å². The van der Waals surface area contributed by atoms with Crippen LogP contribution in [0.15, 0.2) is 15.7 Å². The summed E-state index contributed by atoms with van der Waals surface area (Å²) in [6, 6.07) is 2.13. The van der Waals surface area contributed by atoms with Gasteiger partial charge in [-0.2, -0.15) is 0 Å². The van der Waals surface area contributed by atoms with Crippen LogP contribution in [-0.2, 0) is 9.84 Å². The van der Waals surface area contributed by atoms with E-state index in [1.807, 2.05) is 18.4 Å². The predicted octanol–water partition coefficient (Wildman–Crippen LogP) is 2.60. The van der Waals surface area contributed by atoms with Crippen molar-refractivity contribution in [2.24, 2.45) is 0 Å². The molecule has 0 saturated carbocycles. The van der Waals surface area contributed by atoms with E-state index in [9.17, 15) is 8.42 Å². The number of nitrogens with one attached hydrogen (secondary N) is 1. The molecule has 16 heavy (non-hydrogen) atoms. The van der Waals surface area contributed by atoms with Crippen molar-refractivity contribution in [3.05, 3.63) is 17.0 Å². The molecule has 2 heterocycles. The van der Waals surface area contributed by atoms with E-state index >= 15 is 0 Å². The summed E-state index contributed by atoms with van der Waals surface area (Å²) < 4.78 is 24.6. The Labute approximate surface area is 102 Å². The lowest BCUT2D eigenvalue weighted by molar-refractivity contribution is 0.478. The van der Waals surface area contributed by atoms with Gasteiger partial charge in [-0.15, -0.1) is 11.3 Å². The molecule has 0 fully saturated rings. The molecular formula is C11H19NO2S2. The predicted molar refractivity (Wildman–Crippen MR) is 68.7 cm³/mol. The van der Waals surface area contributed by atoms with Crippen molar-refractivity contribution in [1.29, 1.82) is 0 Å². The second-order valence-corrected chi connectivity index (χ2v) is 7.34. The van der Waals surface area contributed by atoms with Gasteiger partial charge < -0.3 is 5.32 Å². The van der Waals surface area contributed by atoms with Gasteiger partial charge in [-0.05, 0) is 36.9 Å². The van der Waals surface area contributed by atoms with Gasteiger partial charge in [0.1, 0.15) is 4.21 Å². The molecule has 3 nitrogen and oxygen atoms in total. The molecular weight excluding hydrogens is 242 g/mol. The second-order valence-electron chi connectivity index (χ2n) is 3.86. The highest BCUT2D eigenvalue weighted by molar-refractivity contribution is 7.94. The normalized spacial score (nSPS) is 26.9. The van der Waals surface area contributed by atoms with Crippen molar-refractivity contribution < 1.29 is 8.42 Å². The Balaban J connectivity index is 0.00000128. The number of hydrogen-bond acceptors (Lipinski definition) is 4. The lowest BCUT2D eigenvalue weighted by Crippen LogP contribution is -2.33. The summed E-state index contributed by atoms with van der Waals surface area (Å²) in [6.45, 7) is 4.70. The SMILES string of the molecule is C.CCN[C@H]1C[C@H](C)S(=O)(=O)c2sccc21. The second kappa shape index (κ2) is 4.85. The van der Waals surface area contributed by atoms with Crippen LogP contribution in [0, 0.1) is 0 Å². The zero-order chi connectivity index (χ0) is 11.1. The number of rotatable bonds is 2. The third kappa shape index (κ3) is 2.04. The minimum atomic E-state index is -3.05. The zero-order valence-electron chi connectivity index (χ0n) is 8.86. The van der Waals surface area contributed by atoms with Gasteiger partial charge in [-0.3, -0.25) is 0 Å². The zero-order valence-corrected chi connectivity index (χ0v) is 10.5. The molecule has 0 saturated heterocycles. The molecule has 92 valence electrons. The van der Waals surface area contributed by atoms with E-state index in [2.05, 4.69) is 5.32 Å². The molecule has 0 spiro atoms. The lowest BCUT2D eigenvalue weighted by Gasteiger charge is -2.27. The molecule has 2 atom stereocenters. The molecule has 0 bridgehead atoms. The highest BCUT2D eigenvalue weighted by atomic mass is 32.2. The molecule has 1 aromatic rings. The van der Waals surface area contributed by atoms with E-state index < -0.39 is 9.84 Å². The Morgan fingerprint density at radius 3 is 2.88 bits per heavy atom. The summed E-state index contributed by atoms with van der Waals surface area (Å²) in [5, 5.41) is 4.93. The summed E-state index contributed by atoms with van der Waals surface area (Å²) in [5.74, 6) is 0. The minimum Gasteiger partial charge on any atom is -0.310 e. The van der Waals surface area contributed by atoms with Crippen molar-refractivity contribution >= 4 is 21.2 Å². The summed E-state index contributed by atoms with van der Waals surface area (Å²) >= 11 is 1.34. The maximum Gasteiger partial charge on any atom is 0.190 e. The van der Waals surface area contributed by atoms with Gasteiger partial charge >= 0.3 is 0 Å². The van der Waals surface area contributed by atoms with Crippen LogP contribution in [-0.4, -0.2) is 20.2 Å². The first kappa shape index (κ1) is 13.7. The number of fused-ring (bicyclic) bond motifs is 1. The van der Waals surface area contributed by atoms with E-state index in [4.69, 9.17) is 0 Å². The van der Waals surface area contributed by atoms with Crippen LogP contribution < -0.4 is 5.32 Å². The van der Waals surface area contributed by atoms with Crippen molar-refractivity contribution in [3.8, 4) is 0 Å². The molecule has 1 aliphatic heterocycles. The lowest BCUT2D eigenvalue weighted by atomic mass is 10.1. The molecule has 0 aliphatic carbocycles. The largest absolute Gasteiger partial charge is 0.310 e. The van der Waals surface area contributed by atoms with E-state index in [1.54, 1.807) is 6.92 Å². The molecule has 0 aromatic carbocycles. The van der Waals surface area contributed by atoms with Gasteiger partial charge in [0.25, 0.3) is 0 Å². The molecule has 2 rings (SSSR count). The highest BCUT2D eigenvalue weighted by Gasteiger charge is 2.36. The molecule has 0 amide bonds. The van der Waals surface area contributed by atoms with Gasteiger partial charge in [-0.25, -0.2) is 8.42 Å². The molecule has 1 aromatic heterocycles. The van der Waals surface area contributed by atoms with Crippen molar-refractivity contribution in [3.63, 3.8) is 0 Å². The maximum absolute atomic E-state index is 12.0. The van der Waals surface area contributed by atoms with Gasteiger partial charge in [0.05, 0.1) is 5.25 Å². The Hall–Kier alpha value is -0.390. The van der Waals surface area contributed by atoms with E-state index in [-0.39, 0.29) is 18.7 Å². The van der Waals surface area contributed by atoms with Crippen LogP contribution in [0.2, 0.25) is 0 Å². The smallest absolute Gasteiger partial charge is 0.190 e. The van der Waals surface area contributed by atoms with Crippen molar-refractivity contribution in [2.75, 3.05) is 6.54 Å². The van der Waals surface area contributed by atoms with E-state index in [0.717, 1.165) is 12.1 Å². The third-order valence-electron chi connectivity index (χ3n) is 2.84. The van der Waals surface area contributed by atoms with Crippen molar-refractivity contribution in [1.82, 2.24) is 5.32 Å². The Kier molecular flexibility index (Phi) is 4.15. The Morgan fingerprint density at radius 2 is 2.25 bits per heavy atom. The van der Waals surface area contributed by atoms with Crippen LogP contribution >= 0.6 is 11.3 Å². The number of hydrogen-bond donors (Lipinski definition) is 1. The first-order valence-corrected chi connectivity index (χ1v) is 7.54. The fraction of sp³-hybridized carbons (Fsp3) is 0.636. The van der Waals surface area contributed by atoms with Gasteiger partial charge in [0.2, 0.25) is 0 Å². The topological polar surface area (TPSA) is 46.2 Å². The molecule has 1 aliphatic rings. The minimum absolute atomic E-state index is 0. The molecule has 1 N–H and O–H groups in total. The van der Waals surface area contributed by atoms with E-state index in [0.29, 0.717) is 10.6 Å². The van der Waals surface area contributed by atoms with Gasteiger partial charge in [0, 0.05) is 6.04 Å². The standard InChI is InChI=1S/C10H15NO2S2.CH4/c1-3-11-9-6-7(2)15(12,13)10-8(9)4-5-14-10;/h4-5,7,9,11H,3,6H2,1-2H3;1H4/t7-,9-;/m0./s1. The average molecular weight is 261 g/mol. The summed E-state index contributed by atoms with van der Waals surface area (Å²) in [4.78, 5) is 0. The van der Waals surface area contributed by atoms with Crippen LogP contribution in [0.4, 0.5) is 0 Å². The number of thiophene rings is 1. The summed E-state index contributed by atoms with van der Waals surface area (Å²) in [5.41, 5.74) is 0.958. The average Bonchev–Trinajstić information content (AvgIpc) is 2.64. The van der Waals surface area contributed by atoms with Crippen LogP contribution in [0.3, 0.4) is 0 Å². The molecule has 5 heteroatoms. The van der Waals surface area contributed by atoms with E-state index in [1.165, 1.54) is 11.3 Å². The fourth-order valence-corrected chi connectivity index (χ4v) is 5.23. The van der Waals surface area contributed by atoms with Crippen LogP contribution in [0.1, 0.15) is 39.3 Å². The fourth-order valence-electron chi connectivity index (χ4n) is 2.00. The number of sulfone groups is 1. The highest BCUT2D eigenvalue weighted by Crippen LogP contribution is 2.39. The van der Waals surface area contributed by atoms with Crippen molar-refractivity contribution in [2.45, 2.75) is 43.2 Å². The summed E-state index contributed by atoms with van der Waals surface area (Å²) in [6.07, 6.45) is 0.680. The maximum atomic E-state index is 12.0. The first-order chi connectivity index (χ1) is 7.07. The first-order valence-electron chi connectivity index (χ1n) is 5.12. The summed E-state index contributed by atoms with van der Waals surface area (Å²) in [7, 11) is -3.05. The van der Waals surface area contributed by atoms with Gasteiger partial charge in [0.15, 0.2) is 9.84 Å². The quantitative estimate of drug-likeness (QED) is 0.890. The third-order valence-corrected chi connectivity index (χ3v) is 6.55. The Bertz CT molecular complexity index is 450. The monoisotopic (exact) mass is 261 g/mol. The van der Waals surface area contributed by atoms with Crippen LogP contribution in [0.5, 0.6) is 0 Å². The Morgan fingerprint density at radius 1 is 1.56 bits per heavy atom. The van der Waals surface area contributed by atoms with Crippen LogP contribution in [0.25, 0.3) is 0 Å². The molecule has 0 unspecified atom stereocenters. The molecule has 0 radical (unpaired) electrons.